The highest BCUT2D eigenvalue weighted by Gasteiger charge is 2.53. The number of carbonyl (C=O) groups is 4. The lowest BCUT2D eigenvalue weighted by atomic mass is 10.0. The van der Waals surface area contributed by atoms with E-state index in [1.54, 1.807) is 17.0 Å². The molecule has 2 amide bonds. The highest BCUT2D eigenvalue weighted by atomic mass is 32.2. The largest absolute Gasteiger partial charge is 0.543 e. The van der Waals surface area contributed by atoms with Gasteiger partial charge in [0.2, 0.25) is 16.4 Å². The maximum atomic E-state index is 13.1. The number of β-lactam (4-membered cyclic amide) rings is 1. The quantitative estimate of drug-likeness (QED) is 0.0907. The molecule has 0 spiro atoms. The first-order valence-electron chi connectivity index (χ1n) is 11.2. The van der Waals surface area contributed by atoms with Crippen molar-refractivity contribution in [1.29, 1.82) is 0 Å². The molecule has 0 aliphatic carbocycles. The molecule has 0 radical (unpaired) electrons. The lowest BCUT2D eigenvalue weighted by molar-refractivity contribution is -0.694. The number of ether oxygens (including phenoxy) is 1. The fourth-order valence-corrected chi connectivity index (χ4v) is 6.84. The molecule has 204 valence electrons. The molecule has 3 N–H and O–H groups in total. The van der Waals surface area contributed by atoms with E-state index in [9.17, 15) is 24.3 Å². The SMILES string of the molecule is CO/N=C(\C(=O)N[C@@H]1C(=O)N2C(C(=O)[O-])=C(C[n+]3cc4sccn4c3CC(=O)OC)CS[C@H]12)c1nsc(N)n1. The van der Waals surface area contributed by atoms with Gasteiger partial charge < -0.3 is 30.5 Å². The van der Waals surface area contributed by atoms with Crippen molar-refractivity contribution in [2.24, 2.45) is 5.16 Å². The highest BCUT2D eigenvalue weighted by Crippen LogP contribution is 2.40. The van der Waals surface area contributed by atoms with Crippen molar-refractivity contribution >= 4 is 74.1 Å². The standard InChI is InChI=1S/C21H20N8O7S3/c1-35-12(30)5-10-27(7-11-28(10)3-4-37-11)6-9-8-38-19-14(18(32)29(19)15(9)20(33)34)23-17(31)13(25-36-2)16-24-21(22)39-26-16/h3-4,7,14,19H,5-6,8H2,1-2H3,(H3-,22,23,24,26,31,33,34)/b25-13-/t14-,19-/m1/s1. The topological polar surface area (TPSA) is 198 Å². The predicted octanol–water partition coefficient (Wildman–Crippen LogP) is -2.11. The van der Waals surface area contributed by atoms with Gasteiger partial charge in [0.1, 0.15) is 43.9 Å². The van der Waals surface area contributed by atoms with Gasteiger partial charge in [-0.1, -0.05) is 16.5 Å². The Morgan fingerprint density at radius 3 is 2.82 bits per heavy atom. The maximum absolute atomic E-state index is 13.1. The molecule has 3 aromatic rings. The first kappa shape index (κ1) is 26.6. The first-order valence-corrected chi connectivity index (χ1v) is 13.9. The molecule has 5 rings (SSSR count). The van der Waals surface area contributed by atoms with Gasteiger partial charge in [-0.05, 0) is 0 Å². The summed E-state index contributed by atoms with van der Waals surface area (Å²) in [4.78, 5) is 60.8. The van der Waals surface area contributed by atoms with Gasteiger partial charge in [0, 0.05) is 28.2 Å². The molecule has 1 fully saturated rings. The molecule has 3 aromatic heterocycles. The van der Waals surface area contributed by atoms with Crippen LogP contribution in [0.5, 0.6) is 0 Å². The molecule has 0 aromatic carbocycles. The predicted molar refractivity (Wildman–Crippen MR) is 136 cm³/mol. The average molecular weight is 593 g/mol. The van der Waals surface area contributed by atoms with E-state index in [0.29, 0.717) is 11.4 Å². The summed E-state index contributed by atoms with van der Waals surface area (Å²) < 4.78 is 12.3. The lowest BCUT2D eigenvalue weighted by Crippen LogP contribution is -2.71. The molecule has 0 unspecified atom stereocenters. The second-order valence-electron chi connectivity index (χ2n) is 8.22. The normalized spacial score (nSPS) is 19.1. The van der Waals surface area contributed by atoms with E-state index in [1.807, 2.05) is 9.78 Å². The number of imidazole rings is 1. The molecule has 2 aliphatic rings. The van der Waals surface area contributed by atoms with Crippen LogP contribution in [0, 0.1) is 0 Å². The minimum Gasteiger partial charge on any atom is -0.543 e. The Morgan fingerprint density at radius 2 is 2.15 bits per heavy atom. The molecular formula is C21H20N8O7S3. The van der Waals surface area contributed by atoms with Gasteiger partial charge in [0.05, 0.1) is 18.8 Å². The number of oxime groups is 1. The van der Waals surface area contributed by atoms with E-state index >= 15 is 0 Å². The monoisotopic (exact) mass is 592 g/mol. The van der Waals surface area contributed by atoms with Gasteiger partial charge in [0.15, 0.2) is 5.13 Å². The Bertz CT molecular complexity index is 1560. The number of nitrogens with zero attached hydrogens (tertiary/aromatic N) is 6. The Morgan fingerprint density at radius 1 is 1.36 bits per heavy atom. The molecule has 0 bridgehead atoms. The van der Waals surface area contributed by atoms with Crippen LogP contribution in [-0.4, -0.2) is 79.5 Å². The number of amides is 2. The van der Waals surface area contributed by atoms with E-state index in [4.69, 9.17) is 15.3 Å². The fraction of sp³-hybridized carbons (Fsp3) is 0.333. The van der Waals surface area contributed by atoms with E-state index in [2.05, 4.69) is 19.8 Å². The number of carboxylic acid groups (broad SMARTS) is 1. The highest BCUT2D eigenvalue weighted by molar-refractivity contribution is 8.00. The molecular weight excluding hydrogens is 572 g/mol. The number of nitrogens with one attached hydrogen (secondary N) is 1. The summed E-state index contributed by atoms with van der Waals surface area (Å²) in [6.07, 6.45) is 3.57. The van der Waals surface area contributed by atoms with Gasteiger partial charge >= 0.3 is 5.97 Å². The number of esters is 1. The summed E-state index contributed by atoms with van der Waals surface area (Å²) in [5, 5.41) is 19.7. The molecule has 15 nitrogen and oxygen atoms in total. The third-order valence-electron chi connectivity index (χ3n) is 5.98. The number of aromatic nitrogens is 4. The smallest absolute Gasteiger partial charge is 0.317 e. The van der Waals surface area contributed by atoms with Crippen molar-refractivity contribution in [2.45, 2.75) is 24.4 Å². The number of carboxylic acids is 1. The van der Waals surface area contributed by atoms with Crippen LogP contribution in [0.4, 0.5) is 5.13 Å². The Kier molecular flexibility index (Phi) is 7.23. The number of fused-ring (bicyclic) bond motifs is 2. The Labute approximate surface area is 232 Å². The Hall–Kier alpha value is -4.03. The van der Waals surface area contributed by atoms with Crippen molar-refractivity contribution in [3.63, 3.8) is 0 Å². The van der Waals surface area contributed by atoms with Crippen molar-refractivity contribution in [3.8, 4) is 0 Å². The molecule has 5 heterocycles. The van der Waals surface area contributed by atoms with E-state index in [1.165, 1.54) is 37.3 Å². The van der Waals surface area contributed by atoms with Gasteiger partial charge in [-0.3, -0.25) is 19.3 Å². The number of nitrogens with two attached hydrogens (primary N) is 1. The lowest BCUT2D eigenvalue weighted by Gasteiger charge is -2.50. The molecule has 18 heteroatoms. The zero-order chi connectivity index (χ0) is 27.8. The third-order valence-corrected chi connectivity index (χ3v) is 8.67. The van der Waals surface area contributed by atoms with Gasteiger partial charge in [-0.2, -0.15) is 13.8 Å². The van der Waals surface area contributed by atoms with Crippen molar-refractivity contribution in [3.05, 3.63) is 40.7 Å². The minimum absolute atomic E-state index is 0.0350. The summed E-state index contributed by atoms with van der Waals surface area (Å²) in [6.45, 7) is 0.103. The summed E-state index contributed by atoms with van der Waals surface area (Å²) in [6, 6.07) is -1.03. The van der Waals surface area contributed by atoms with Crippen LogP contribution in [0.2, 0.25) is 0 Å². The summed E-state index contributed by atoms with van der Waals surface area (Å²) in [5.74, 6) is -2.62. The van der Waals surface area contributed by atoms with Crippen LogP contribution in [0.3, 0.4) is 0 Å². The molecule has 2 aliphatic heterocycles. The van der Waals surface area contributed by atoms with Crippen LogP contribution >= 0.6 is 34.6 Å². The van der Waals surface area contributed by atoms with Crippen LogP contribution in [0.25, 0.3) is 4.83 Å². The number of thioether (sulfide) groups is 1. The first-order chi connectivity index (χ1) is 18.7. The van der Waals surface area contributed by atoms with Crippen molar-refractivity contribution in [2.75, 3.05) is 25.7 Å². The average Bonchev–Trinajstić information content (AvgIpc) is 3.63. The van der Waals surface area contributed by atoms with E-state index < -0.39 is 35.2 Å². The molecule has 1 saturated heterocycles. The number of rotatable bonds is 9. The molecule has 2 atom stereocenters. The van der Waals surface area contributed by atoms with E-state index in [-0.39, 0.29) is 41.1 Å². The molecule has 0 saturated carbocycles. The fourth-order valence-electron chi connectivity index (χ4n) is 4.28. The number of aliphatic carboxylic acids is 1. The second kappa shape index (κ2) is 10.6. The van der Waals surface area contributed by atoms with Crippen LogP contribution in [0.15, 0.2) is 34.2 Å². The second-order valence-corrected chi connectivity index (χ2v) is 11.0. The molecule has 39 heavy (non-hydrogen) atoms. The summed E-state index contributed by atoms with van der Waals surface area (Å²) >= 11 is 3.60. The van der Waals surface area contributed by atoms with Crippen LogP contribution in [0.1, 0.15) is 11.6 Å². The number of carbonyl (C=O) groups excluding carboxylic acids is 4. The number of hydrogen-bond acceptors (Lipinski definition) is 14. The third kappa shape index (κ3) is 4.81. The van der Waals surface area contributed by atoms with Gasteiger partial charge in [-0.15, -0.1) is 11.8 Å². The van der Waals surface area contributed by atoms with Gasteiger partial charge in [-0.25, -0.2) is 4.57 Å². The zero-order valence-electron chi connectivity index (χ0n) is 20.4. The number of nitrogen functional groups attached to an aromatic ring is 1. The number of hydrogen-bond donors (Lipinski definition) is 2. The summed E-state index contributed by atoms with van der Waals surface area (Å²) in [7, 11) is 2.52. The number of methoxy groups -OCH3 is 1. The van der Waals surface area contributed by atoms with E-state index in [0.717, 1.165) is 21.3 Å². The van der Waals surface area contributed by atoms with Crippen LogP contribution < -0.4 is 20.7 Å². The minimum atomic E-state index is -1.52. The zero-order valence-corrected chi connectivity index (χ0v) is 22.8. The number of thiazole rings is 1. The van der Waals surface area contributed by atoms with Gasteiger partial charge in [0.25, 0.3) is 17.6 Å². The van der Waals surface area contributed by atoms with Crippen molar-refractivity contribution in [1.82, 2.24) is 24.0 Å². The maximum Gasteiger partial charge on any atom is 0.317 e. The van der Waals surface area contributed by atoms with Crippen molar-refractivity contribution < 1.29 is 38.4 Å². The Balaban J connectivity index is 1.39. The van der Waals surface area contributed by atoms with Crippen LogP contribution in [-0.2, 0) is 41.7 Å². The summed E-state index contributed by atoms with van der Waals surface area (Å²) in [5.41, 5.74) is 5.47. The number of anilines is 1.